The Kier molecular flexibility index (Phi) is 4.61. The number of rotatable bonds is 4. The molecule has 0 radical (unpaired) electrons. The normalized spacial score (nSPS) is 27.2. The van der Waals surface area contributed by atoms with Gasteiger partial charge < -0.3 is 18.6 Å². The summed E-state index contributed by atoms with van der Waals surface area (Å²) in [7, 11) is 3.34. The zero-order valence-corrected chi connectivity index (χ0v) is 11.5. The van der Waals surface area contributed by atoms with Gasteiger partial charge in [0.25, 0.3) is 0 Å². The summed E-state index contributed by atoms with van der Waals surface area (Å²) in [5, 5.41) is 0. The van der Waals surface area contributed by atoms with Gasteiger partial charge in [-0.25, -0.2) is 4.79 Å². The molecule has 0 unspecified atom stereocenters. The van der Waals surface area contributed by atoms with E-state index in [0.717, 1.165) is 6.42 Å². The number of aryl methyl sites for hydroxylation is 1. The Morgan fingerprint density at radius 3 is 2.21 bits per heavy atom. The summed E-state index contributed by atoms with van der Waals surface area (Å²) in [4.78, 5) is 12.0. The van der Waals surface area contributed by atoms with Crippen molar-refractivity contribution in [2.24, 2.45) is 0 Å². The minimum Gasteiger partial charge on any atom is -0.469 e. The highest BCUT2D eigenvalue weighted by atomic mass is 16.6. The minimum absolute atomic E-state index is 0.0712. The van der Waals surface area contributed by atoms with Crippen molar-refractivity contribution in [1.82, 2.24) is 0 Å². The zero-order valence-electron chi connectivity index (χ0n) is 11.5. The number of ether oxygens (including phenoxy) is 3. The van der Waals surface area contributed by atoms with Crippen molar-refractivity contribution in [3.8, 4) is 0 Å². The van der Waals surface area contributed by atoms with Crippen LogP contribution in [0.25, 0.3) is 0 Å². The lowest BCUT2D eigenvalue weighted by Crippen LogP contribution is -2.37. The average Bonchev–Trinajstić information content (AvgIpc) is 2.84. The Morgan fingerprint density at radius 2 is 1.74 bits per heavy atom. The number of furan rings is 1. The number of methoxy groups -OCH3 is 2. The largest absolute Gasteiger partial charge is 0.469 e. The van der Waals surface area contributed by atoms with Crippen molar-refractivity contribution in [1.29, 1.82) is 0 Å². The Bertz CT molecular complexity index is 413. The molecule has 1 heterocycles. The molecule has 0 spiro atoms. The summed E-state index contributed by atoms with van der Waals surface area (Å²) in [6.45, 7) is 1.74. The Hall–Kier alpha value is -1.33. The van der Waals surface area contributed by atoms with E-state index in [4.69, 9.17) is 18.6 Å². The molecule has 5 heteroatoms. The lowest BCUT2D eigenvalue weighted by atomic mass is 9.92. The van der Waals surface area contributed by atoms with Crippen LogP contribution in [0.2, 0.25) is 0 Å². The molecule has 1 aliphatic rings. The van der Waals surface area contributed by atoms with Crippen LogP contribution in [0, 0.1) is 6.92 Å². The van der Waals surface area contributed by atoms with E-state index < -0.39 is 0 Å². The molecule has 1 fully saturated rings. The molecular weight excluding hydrogens is 248 g/mol. The Labute approximate surface area is 112 Å². The van der Waals surface area contributed by atoms with Crippen molar-refractivity contribution in [3.05, 3.63) is 23.7 Å². The summed E-state index contributed by atoms with van der Waals surface area (Å²) in [5.41, 5.74) is 0.480. The molecule has 19 heavy (non-hydrogen) atoms. The van der Waals surface area contributed by atoms with E-state index >= 15 is 0 Å². The van der Waals surface area contributed by atoms with Crippen molar-refractivity contribution in [2.45, 2.75) is 44.5 Å². The van der Waals surface area contributed by atoms with Gasteiger partial charge in [-0.1, -0.05) is 0 Å². The first-order chi connectivity index (χ1) is 9.13. The molecule has 1 aromatic heterocycles. The lowest BCUT2D eigenvalue weighted by Gasteiger charge is -2.32. The van der Waals surface area contributed by atoms with Crippen LogP contribution in [0.3, 0.4) is 0 Å². The van der Waals surface area contributed by atoms with Crippen LogP contribution in [0.15, 0.2) is 16.7 Å². The van der Waals surface area contributed by atoms with E-state index in [1.807, 2.05) is 0 Å². The fourth-order valence-corrected chi connectivity index (χ4v) is 2.46. The maximum absolute atomic E-state index is 12.0. The van der Waals surface area contributed by atoms with Gasteiger partial charge in [-0.3, -0.25) is 0 Å². The first-order valence-electron chi connectivity index (χ1n) is 6.44. The number of carbonyl (C=O) groups is 1. The van der Waals surface area contributed by atoms with E-state index in [-0.39, 0.29) is 24.3 Å². The summed E-state index contributed by atoms with van der Waals surface area (Å²) < 4.78 is 21.4. The van der Waals surface area contributed by atoms with Gasteiger partial charge >= 0.3 is 5.97 Å². The van der Waals surface area contributed by atoms with Gasteiger partial charge in [0.15, 0.2) is 0 Å². The maximum Gasteiger partial charge on any atom is 0.341 e. The van der Waals surface area contributed by atoms with Crippen LogP contribution in [0.5, 0.6) is 0 Å². The second-order valence-corrected chi connectivity index (χ2v) is 4.84. The standard InChI is InChI=1S/C14H20O5/c1-9-13(4-5-18-9)14(15)19-12-7-10(16-2)6-11(8-12)17-3/h4-5,10-12H,6-8H2,1-3H3/t10-,11-/m1/s1. The van der Waals surface area contributed by atoms with Gasteiger partial charge in [0.2, 0.25) is 0 Å². The fraction of sp³-hybridized carbons (Fsp3) is 0.643. The second kappa shape index (κ2) is 6.21. The molecule has 0 aliphatic heterocycles. The first-order valence-corrected chi connectivity index (χ1v) is 6.44. The Morgan fingerprint density at radius 1 is 1.16 bits per heavy atom. The third kappa shape index (κ3) is 3.36. The van der Waals surface area contributed by atoms with Crippen molar-refractivity contribution >= 4 is 5.97 Å². The summed E-state index contributed by atoms with van der Waals surface area (Å²) in [6.07, 6.45) is 3.71. The summed E-state index contributed by atoms with van der Waals surface area (Å²) in [6, 6.07) is 1.63. The van der Waals surface area contributed by atoms with E-state index in [0.29, 0.717) is 24.2 Å². The van der Waals surface area contributed by atoms with Crippen LogP contribution >= 0.6 is 0 Å². The fourth-order valence-electron chi connectivity index (χ4n) is 2.46. The highest BCUT2D eigenvalue weighted by Crippen LogP contribution is 2.26. The molecule has 2 atom stereocenters. The van der Waals surface area contributed by atoms with Crippen molar-refractivity contribution < 1.29 is 23.4 Å². The maximum atomic E-state index is 12.0. The van der Waals surface area contributed by atoms with Gasteiger partial charge in [0.1, 0.15) is 17.4 Å². The molecule has 0 bridgehead atoms. The van der Waals surface area contributed by atoms with Crippen LogP contribution in [0.1, 0.15) is 35.4 Å². The van der Waals surface area contributed by atoms with E-state index in [1.54, 1.807) is 27.2 Å². The van der Waals surface area contributed by atoms with Crippen LogP contribution in [-0.4, -0.2) is 38.5 Å². The number of hydrogen-bond donors (Lipinski definition) is 0. The molecule has 0 aromatic carbocycles. The zero-order chi connectivity index (χ0) is 13.8. The number of carbonyl (C=O) groups excluding carboxylic acids is 1. The molecule has 0 amide bonds. The molecule has 2 rings (SSSR count). The van der Waals surface area contributed by atoms with Gasteiger partial charge in [-0.15, -0.1) is 0 Å². The van der Waals surface area contributed by atoms with E-state index in [1.165, 1.54) is 6.26 Å². The molecule has 106 valence electrons. The topological polar surface area (TPSA) is 57.9 Å². The third-order valence-corrected chi connectivity index (χ3v) is 3.60. The predicted octanol–water partition coefficient (Wildman–Crippen LogP) is 2.33. The lowest BCUT2D eigenvalue weighted by molar-refractivity contribution is -0.0656. The van der Waals surface area contributed by atoms with Gasteiger partial charge in [0, 0.05) is 33.5 Å². The molecule has 0 N–H and O–H groups in total. The van der Waals surface area contributed by atoms with Crippen LogP contribution < -0.4 is 0 Å². The highest BCUT2D eigenvalue weighted by molar-refractivity contribution is 5.90. The smallest absolute Gasteiger partial charge is 0.341 e. The molecule has 1 aromatic rings. The SMILES string of the molecule is CO[C@H]1CC(OC(=O)c2ccoc2C)C[C@H](OC)C1. The van der Waals surface area contributed by atoms with E-state index in [9.17, 15) is 4.79 Å². The number of hydrogen-bond acceptors (Lipinski definition) is 5. The first kappa shape index (κ1) is 14.1. The van der Waals surface area contributed by atoms with Crippen molar-refractivity contribution in [2.75, 3.05) is 14.2 Å². The van der Waals surface area contributed by atoms with Gasteiger partial charge in [0.05, 0.1) is 18.5 Å². The monoisotopic (exact) mass is 268 g/mol. The van der Waals surface area contributed by atoms with Crippen LogP contribution in [-0.2, 0) is 14.2 Å². The van der Waals surface area contributed by atoms with Gasteiger partial charge in [-0.05, 0) is 13.0 Å². The van der Waals surface area contributed by atoms with Gasteiger partial charge in [-0.2, -0.15) is 0 Å². The quantitative estimate of drug-likeness (QED) is 0.784. The predicted molar refractivity (Wildman–Crippen MR) is 68.1 cm³/mol. The minimum atomic E-state index is -0.345. The number of esters is 1. The summed E-state index contributed by atoms with van der Waals surface area (Å²) >= 11 is 0. The highest BCUT2D eigenvalue weighted by Gasteiger charge is 2.31. The molecule has 1 aliphatic carbocycles. The average molecular weight is 268 g/mol. The summed E-state index contributed by atoms with van der Waals surface area (Å²) in [5.74, 6) is 0.232. The molecule has 5 nitrogen and oxygen atoms in total. The second-order valence-electron chi connectivity index (χ2n) is 4.84. The van der Waals surface area contributed by atoms with Crippen molar-refractivity contribution in [3.63, 3.8) is 0 Å². The Balaban J connectivity index is 1.98. The third-order valence-electron chi connectivity index (χ3n) is 3.60. The molecule has 1 saturated carbocycles. The van der Waals surface area contributed by atoms with Crippen LogP contribution in [0.4, 0.5) is 0 Å². The van der Waals surface area contributed by atoms with E-state index in [2.05, 4.69) is 0 Å². The molecular formula is C14H20O5. The molecule has 0 saturated heterocycles.